The van der Waals surface area contributed by atoms with Gasteiger partial charge < -0.3 is 15.5 Å². The maximum absolute atomic E-state index is 12.8. The average Bonchev–Trinajstić information content (AvgIpc) is 3.20. The minimum Gasteiger partial charge on any atom is -0.352 e. The third-order valence-electron chi connectivity index (χ3n) is 4.54. The number of likely N-dealkylation sites (tertiary alicyclic amines) is 1. The molecule has 0 bridgehead atoms. The van der Waals surface area contributed by atoms with E-state index in [1.165, 1.54) is 6.92 Å². The van der Waals surface area contributed by atoms with Crippen LogP contribution in [0.3, 0.4) is 0 Å². The fourth-order valence-electron chi connectivity index (χ4n) is 3.05. The molecule has 1 aromatic rings. The van der Waals surface area contributed by atoms with Crippen LogP contribution in [0.4, 0.5) is 5.69 Å². The summed E-state index contributed by atoms with van der Waals surface area (Å²) in [5, 5.41) is 5.73. The van der Waals surface area contributed by atoms with Crippen molar-refractivity contribution in [1.82, 2.24) is 10.2 Å². The van der Waals surface area contributed by atoms with Gasteiger partial charge in [-0.2, -0.15) is 0 Å². The fraction of sp³-hybridized carbons (Fsp3) is 0.500. The standard InChI is InChI=1S/C18H23N3O3/c1-11-5-6-13(10-15(11)19-12(2)22)18(24)21-9-3-4-16(21)17(23)20-14-7-8-14/h5-6,10,14,16H,3-4,7-9H2,1-2H3,(H,19,22)(H,20,23). The summed E-state index contributed by atoms with van der Waals surface area (Å²) in [4.78, 5) is 38.1. The highest BCUT2D eigenvalue weighted by molar-refractivity contribution is 6.00. The Balaban J connectivity index is 1.77. The summed E-state index contributed by atoms with van der Waals surface area (Å²) in [7, 11) is 0. The minimum absolute atomic E-state index is 0.0439. The third kappa shape index (κ3) is 3.58. The van der Waals surface area contributed by atoms with Gasteiger partial charge in [0.05, 0.1) is 0 Å². The second-order valence-electron chi connectivity index (χ2n) is 6.65. The van der Waals surface area contributed by atoms with E-state index in [9.17, 15) is 14.4 Å². The Morgan fingerprint density at radius 1 is 1.17 bits per heavy atom. The van der Waals surface area contributed by atoms with Crippen molar-refractivity contribution in [2.45, 2.75) is 51.6 Å². The van der Waals surface area contributed by atoms with Crippen LogP contribution in [0.5, 0.6) is 0 Å². The molecule has 0 spiro atoms. The van der Waals surface area contributed by atoms with Gasteiger partial charge in [-0.25, -0.2) is 0 Å². The molecule has 1 heterocycles. The molecule has 6 nitrogen and oxygen atoms in total. The van der Waals surface area contributed by atoms with Crippen LogP contribution in [-0.4, -0.2) is 41.2 Å². The lowest BCUT2D eigenvalue weighted by Gasteiger charge is -2.24. The maximum Gasteiger partial charge on any atom is 0.254 e. The van der Waals surface area contributed by atoms with Crippen molar-refractivity contribution in [3.63, 3.8) is 0 Å². The molecule has 1 aromatic carbocycles. The summed E-state index contributed by atoms with van der Waals surface area (Å²) >= 11 is 0. The van der Waals surface area contributed by atoms with Gasteiger partial charge in [-0.15, -0.1) is 0 Å². The fourth-order valence-corrected chi connectivity index (χ4v) is 3.05. The van der Waals surface area contributed by atoms with E-state index < -0.39 is 0 Å². The van der Waals surface area contributed by atoms with E-state index >= 15 is 0 Å². The topological polar surface area (TPSA) is 78.5 Å². The summed E-state index contributed by atoms with van der Waals surface area (Å²) in [5.41, 5.74) is 2.02. The lowest BCUT2D eigenvalue weighted by atomic mass is 10.1. The van der Waals surface area contributed by atoms with E-state index in [0.717, 1.165) is 24.8 Å². The van der Waals surface area contributed by atoms with E-state index in [0.29, 0.717) is 30.3 Å². The van der Waals surface area contributed by atoms with Crippen molar-refractivity contribution in [2.75, 3.05) is 11.9 Å². The SMILES string of the molecule is CC(=O)Nc1cc(C(=O)N2CCCC2C(=O)NC2CC2)ccc1C. The number of benzene rings is 1. The number of hydrogen-bond acceptors (Lipinski definition) is 3. The van der Waals surface area contributed by atoms with Crippen molar-refractivity contribution in [3.8, 4) is 0 Å². The summed E-state index contributed by atoms with van der Waals surface area (Å²) in [6, 6.07) is 5.16. The number of carbonyl (C=O) groups is 3. The molecular formula is C18H23N3O3. The number of anilines is 1. The Morgan fingerprint density at radius 3 is 2.58 bits per heavy atom. The number of carbonyl (C=O) groups excluding carboxylic acids is 3. The lowest BCUT2D eigenvalue weighted by Crippen LogP contribution is -2.46. The molecule has 128 valence electrons. The molecule has 1 atom stereocenters. The average molecular weight is 329 g/mol. The normalized spacial score (nSPS) is 19.9. The highest BCUT2D eigenvalue weighted by Crippen LogP contribution is 2.25. The largest absolute Gasteiger partial charge is 0.352 e. The monoisotopic (exact) mass is 329 g/mol. The molecule has 1 saturated heterocycles. The predicted octanol–water partition coefficient (Wildman–Crippen LogP) is 1.84. The van der Waals surface area contributed by atoms with Crippen molar-refractivity contribution < 1.29 is 14.4 Å². The summed E-state index contributed by atoms with van der Waals surface area (Å²) < 4.78 is 0. The van der Waals surface area contributed by atoms with Gasteiger partial charge in [-0.05, 0) is 50.3 Å². The first kappa shape index (κ1) is 16.5. The van der Waals surface area contributed by atoms with Crippen molar-refractivity contribution >= 4 is 23.4 Å². The lowest BCUT2D eigenvalue weighted by molar-refractivity contribution is -0.125. The predicted molar refractivity (Wildman–Crippen MR) is 90.7 cm³/mol. The molecule has 1 aliphatic carbocycles. The molecule has 6 heteroatoms. The Kier molecular flexibility index (Phi) is 4.55. The molecule has 1 unspecified atom stereocenters. The molecule has 0 radical (unpaired) electrons. The zero-order chi connectivity index (χ0) is 17.3. The molecule has 3 rings (SSSR count). The van der Waals surface area contributed by atoms with Gasteiger partial charge >= 0.3 is 0 Å². The van der Waals surface area contributed by atoms with E-state index in [1.807, 2.05) is 13.0 Å². The van der Waals surface area contributed by atoms with E-state index in [1.54, 1.807) is 17.0 Å². The van der Waals surface area contributed by atoms with E-state index in [4.69, 9.17) is 0 Å². The second-order valence-corrected chi connectivity index (χ2v) is 6.65. The zero-order valence-electron chi connectivity index (χ0n) is 14.1. The van der Waals surface area contributed by atoms with Crippen LogP contribution in [0.15, 0.2) is 18.2 Å². The molecular weight excluding hydrogens is 306 g/mol. The van der Waals surface area contributed by atoms with Gasteiger partial charge in [0.2, 0.25) is 11.8 Å². The Bertz CT molecular complexity index is 682. The van der Waals surface area contributed by atoms with Gasteiger partial charge in [0, 0.05) is 30.8 Å². The number of nitrogens with zero attached hydrogens (tertiary/aromatic N) is 1. The molecule has 1 aliphatic heterocycles. The summed E-state index contributed by atoms with van der Waals surface area (Å²) in [6.07, 6.45) is 3.60. The van der Waals surface area contributed by atoms with Crippen LogP contribution >= 0.6 is 0 Å². The molecule has 2 N–H and O–H groups in total. The molecule has 1 saturated carbocycles. The molecule has 24 heavy (non-hydrogen) atoms. The second kappa shape index (κ2) is 6.63. The molecule has 3 amide bonds. The Morgan fingerprint density at radius 2 is 1.92 bits per heavy atom. The first-order chi connectivity index (χ1) is 11.5. The van der Waals surface area contributed by atoms with Crippen LogP contribution in [0.25, 0.3) is 0 Å². The maximum atomic E-state index is 12.8. The van der Waals surface area contributed by atoms with Crippen LogP contribution in [-0.2, 0) is 9.59 Å². The quantitative estimate of drug-likeness (QED) is 0.885. The smallest absolute Gasteiger partial charge is 0.254 e. The highest BCUT2D eigenvalue weighted by atomic mass is 16.2. The van der Waals surface area contributed by atoms with Crippen molar-refractivity contribution in [3.05, 3.63) is 29.3 Å². The third-order valence-corrected chi connectivity index (χ3v) is 4.54. The van der Waals surface area contributed by atoms with Gasteiger partial charge in [-0.3, -0.25) is 14.4 Å². The summed E-state index contributed by atoms with van der Waals surface area (Å²) in [5.74, 6) is -0.377. The van der Waals surface area contributed by atoms with Crippen molar-refractivity contribution in [1.29, 1.82) is 0 Å². The number of amides is 3. The van der Waals surface area contributed by atoms with E-state index in [2.05, 4.69) is 10.6 Å². The van der Waals surface area contributed by atoms with Crippen molar-refractivity contribution in [2.24, 2.45) is 0 Å². The molecule has 0 aromatic heterocycles. The van der Waals surface area contributed by atoms with Gasteiger partial charge in [-0.1, -0.05) is 6.07 Å². The van der Waals surface area contributed by atoms with Crippen LogP contribution in [0.1, 0.15) is 48.5 Å². The molecule has 2 aliphatic rings. The van der Waals surface area contributed by atoms with Crippen LogP contribution in [0, 0.1) is 6.92 Å². The van der Waals surface area contributed by atoms with Gasteiger partial charge in [0.1, 0.15) is 6.04 Å². The molecule has 2 fully saturated rings. The highest BCUT2D eigenvalue weighted by Gasteiger charge is 2.36. The summed E-state index contributed by atoms with van der Waals surface area (Å²) in [6.45, 7) is 3.90. The first-order valence-electron chi connectivity index (χ1n) is 8.45. The number of aryl methyl sites for hydroxylation is 1. The first-order valence-corrected chi connectivity index (χ1v) is 8.45. The number of nitrogens with one attached hydrogen (secondary N) is 2. The minimum atomic E-state index is -0.386. The Hall–Kier alpha value is -2.37. The number of hydrogen-bond donors (Lipinski definition) is 2. The zero-order valence-corrected chi connectivity index (χ0v) is 14.1. The van der Waals surface area contributed by atoms with Crippen LogP contribution in [0.2, 0.25) is 0 Å². The van der Waals surface area contributed by atoms with E-state index in [-0.39, 0.29) is 23.8 Å². The van der Waals surface area contributed by atoms with Gasteiger partial charge in [0.15, 0.2) is 0 Å². The number of rotatable bonds is 4. The Labute approximate surface area is 141 Å². The van der Waals surface area contributed by atoms with Crippen LogP contribution < -0.4 is 10.6 Å². The van der Waals surface area contributed by atoms with Gasteiger partial charge in [0.25, 0.3) is 5.91 Å².